The SMILES string of the molecule is I/C=C/C(CCCCC1CCCC1)OC(c1ccccc1)(c1ccccc1)c1ccccc1. The van der Waals surface area contributed by atoms with Gasteiger partial charge in [-0.05, 0) is 39.2 Å². The van der Waals surface area contributed by atoms with Crippen LogP contribution in [-0.4, -0.2) is 6.10 Å². The molecule has 2 heteroatoms. The number of hydrogen-bond acceptors (Lipinski definition) is 1. The second-order valence-electron chi connectivity index (χ2n) is 9.19. The van der Waals surface area contributed by atoms with Gasteiger partial charge in [-0.15, -0.1) is 0 Å². The first-order valence-corrected chi connectivity index (χ1v) is 13.7. The molecule has 1 fully saturated rings. The maximum Gasteiger partial charge on any atom is 0.144 e. The first kappa shape index (κ1) is 24.2. The van der Waals surface area contributed by atoms with Crippen molar-refractivity contribution in [3.05, 3.63) is 118 Å². The molecule has 0 aliphatic heterocycles. The Bertz CT molecular complexity index is 865. The third-order valence-corrected chi connectivity index (χ3v) is 7.40. The van der Waals surface area contributed by atoms with Crippen LogP contribution in [0.25, 0.3) is 0 Å². The number of rotatable bonds is 11. The van der Waals surface area contributed by atoms with E-state index in [1.54, 1.807) is 0 Å². The minimum absolute atomic E-state index is 0.0473. The van der Waals surface area contributed by atoms with E-state index in [4.69, 9.17) is 4.74 Å². The fourth-order valence-electron chi connectivity index (χ4n) is 5.30. The van der Waals surface area contributed by atoms with Crippen LogP contribution in [0.3, 0.4) is 0 Å². The Morgan fingerprint density at radius 2 is 1.24 bits per heavy atom. The molecule has 1 nitrogen and oxygen atoms in total. The molecular weight excluding hydrogens is 515 g/mol. The molecule has 1 aliphatic rings. The van der Waals surface area contributed by atoms with Crippen LogP contribution in [0.5, 0.6) is 0 Å². The Hall–Kier alpha value is -1.91. The van der Waals surface area contributed by atoms with Crippen molar-refractivity contribution in [1.29, 1.82) is 0 Å². The molecule has 0 bridgehead atoms. The van der Waals surface area contributed by atoms with Crippen molar-refractivity contribution in [2.45, 2.75) is 63.1 Å². The van der Waals surface area contributed by atoms with E-state index in [1.807, 2.05) is 0 Å². The molecule has 33 heavy (non-hydrogen) atoms. The van der Waals surface area contributed by atoms with E-state index in [2.05, 4.69) is 124 Å². The zero-order valence-electron chi connectivity index (χ0n) is 19.4. The number of unbranched alkanes of at least 4 members (excludes halogenated alkanes) is 1. The Kier molecular flexibility index (Phi) is 9.19. The summed E-state index contributed by atoms with van der Waals surface area (Å²) in [6.45, 7) is 0. The molecule has 3 aromatic carbocycles. The van der Waals surface area contributed by atoms with Crippen molar-refractivity contribution >= 4 is 22.6 Å². The Labute approximate surface area is 213 Å². The predicted octanol–water partition coefficient (Wildman–Crippen LogP) is 9.06. The summed E-state index contributed by atoms with van der Waals surface area (Å²) >= 11 is 2.33. The van der Waals surface area contributed by atoms with E-state index in [9.17, 15) is 0 Å². The molecule has 0 heterocycles. The molecular formula is C31H35IO. The predicted molar refractivity (Wildman–Crippen MR) is 148 cm³/mol. The van der Waals surface area contributed by atoms with Crippen LogP contribution in [-0.2, 0) is 10.3 Å². The number of ether oxygens (including phenoxy) is 1. The number of halogens is 1. The lowest BCUT2D eigenvalue weighted by Crippen LogP contribution is -2.36. The molecule has 1 unspecified atom stereocenters. The highest BCUT2D eigenvalue weighted by atomic mass is 127. The van der Waals surface area contributed by atoms with E-state index < -0.39 is 5.60 Å². The van der Waals surface area contributed by atoms with Crippen molar-refractivity contribution in [2.75, 3.05) is 0 Å². The first-order valence-electron chi connectivity index (χ1n) is 12.4. The molecule has 0 amide bonds. The van der Waals surface area contributed by atoms with Gasteiger partial charge in [0.25, 0.3) is 0 Å². The maximum absolute atomic E-state index is 7.22. The van der Waals surface area contributed by atoms with Gasteiger partial charge in [0.05, 0.1) is 6.10 Å². The van der Waals surface area contributed by atoms with Gasteiger partial charge < -0.3 is 4.74 Å². The van der Waals surface area contributed by atoms with Gasteiger partial charge >= 0.3 is 0 Å². The van der Waals surface area contributed by atoms with Gasteiger partial charge in [-0.3, -0.25) is 0 Å². The average Bonchev–Trinajstić information content (AvgIpc) is 3.40. The Morgan fingerprint density at radius 1 is 0.758 bits per heavy atom. The van der Waals surface area contributed by atoms with Crippen molar-refractivity contribution in [3.63, 3.8) is 0 Å². The van der Waals surface area contributed by atoms with E-state index in [1.165, 1.54) is 61.6 Å². The maximum atomic E-state index is 7.22. The van der Waals surface area contributed by atoms with E-state index in [0.29, 0.717) is 0 Å². The highest BCUT2D eigenvalue weighted by molar-refractivity contribution is 14.1. The lowest BCUT2D eigenvalue weighted by atomic mass is 9.79. The topological polar surface area (TPSA) is 9.23 Å². The zero-order chi connectivity index (χ0) is 22.8. The third kappa shape index (κ3) is 6.16. The minimum atomic E-state index is -0.657. The first-order chi connectivity index (χ1) is 16.3. The van der Waals surface area contributed by atoms with E-state index in [-0.39, 0.29) is 6.10 Å². The molecule has 1 saturated carbocycles. The van der Waals surface area contributed by atoms with Crippen molar-refractivity contribution in [2.24, 2.45) is 5.92 Å². The summed E-state index contributed by atoms with van der Waals surface area (Å²) in [7, 11) is 0. The summed E-state index contributed by atoms with van der Waals surface area (Å²) in [5.41, 5.74) is 2.84. The van der Waals surface area contributed by atoms with Crippen molar-refractivity contribution < 1.29 is 4.74 Å². The fourth-order valence-corrected chi connectivity index (χ4v) is 5.77. The van der Waals surface area contributed by atoms with Gasteiger partial charge in [0.2, 0.25) is 0 Å². The average molecular weight is 551 g/mol. The summed E-state index contributed by atoms with van der Waals surface area (Å²) in [5, 5.41) is 0. The van der Waals surface area contributed by atoms with Crippen LogP contribution in [0, 0.1) is 5.92 Å². The summed E-state index contributed by atoms with van der Waals surface area (Å²) in [5.74, 6) is 0.960. The summed E-state index contributed by atoms with van der Waals surface area (Å²) in [6, 6.07) is 32.1. The molecule has 3 aromatic rings. The smallest absolute Gasteiger partial charge is 0.144 e. The van der Waals surface area contributed by atoms with Crippen molar-refractivity contribution in [3.8, 4) is 0 Å². The molecule has 1 aliphatic carbocycles. The molecule has 1 atom stereocenters. The van der Waals surface area contributed by atoms with Gasteiger partial charge in [-0.1, -0.05) is 159 Å². The Balaban J connectivity index is 1.65. The van der Waals surface area contributed by atoms with Crippen LogP contribution in [0.4, 0.5) is 0 Å². The fraction of sp³-hybridized carbons (Fsp3) is 0.355. The van der Waals surface area contributed by atoms with Crippen LogP contribution in [0.2, 0.25) is 0 Å². The monoisotopic (exact) mass is 550 g/mol. The molecule has 0 spiro atoms. The van der Waals surface area contributed by atoms with Crippen LogP contribution in [0.15, 0.2) is 101 Å². The molecule has 172 valence electrons. The van der Waals surface area contributed by atoms with Crippen molar-refractivity contribution in [1.82, 2.24) is 0 Å². The van der Waals surface area contributed by atoms with E-state index >= 15 is 0 Å². The lowest BCUT2D eigenvalue weighted by Gasteiger charge is -2.38. The second-order valence-corrected chi connectivity index (χ2v) is 9.91. The molecule has 0 saturated heterocycles. The van der Waals surface area contributed by atoms with Gasteiger partial charge in [0.1, 0.15) is 5.60 Å². The van der Waals surface area contributed by atoms with E-state index in [0.717, 1.165) is 12.3 Å². The molecule has 0 N–H and O–H groups in total. The second kappa shape index (κ2) is 12.5. The standard InChI is InChI=1S/C31H35IO/c32-25-24-30(23-13-12-16-26-14-10-11-15-26)33-31(27-17-4-1-5-18-27,28-19-6-2-7-20-28)29-21-8-3-9-22-29/h1-9,17-22,24-26,30H,10-16,23H2/b25-24+. The largest absolute Gasteiger partial charge is 0.354 e. The van der Waals surface area contributed by atoms with Gasteiger partial charge in [0.15, 0.2) is 0 Å². The third-order valence-electron chi connectivity index (χ3n) is 6.98. The summed E-state index contributed by atoms with van der Waals surface area (Å²) < 4.78 is 9.33. The zero-order valence-corrected chi connectivity index (χ0v) is 21.6. The number of benzene rings is 3. The minimum Gasteiger partial charge on any atom is -0.354 e. The van der Waals surface area contributed by atoms with Gasteiger partial charge in [0, 0.05) is 0 Å². The highest BCUT2D eigenvalue weighted by Gasteiger charge is 2.39. The summed E-state index contributed by atoms with van der Waals surface area (Å²) in [6.07, 6.45) is 12.9. The van der Waals surface area contributed by atoms with Gasteiger partial charge in [-0.25, -0.2) is 0 Å². The normalized spacial score (nSPS) is 15.8. The quantitative estimate of drug-likeness (QED) is 0.132. The van der Waals surface area contributed by atoms with Gasteiger partial charge in [-0.2, -0.15) is 0 Å². The summed E-state index contributed by atoms with van der Waals surface area (Å²) in [4.78, 5) is 0. The lowest BCUT2D eigenvalue weighted by molar-refractivity contribution is -0.0286. The molecule has 0 aromatic heterocycles. The van der Waals surface area contributed by atoms with Crippen LogP contribution in [0.1, 0.15) is 68.1 Å². The number of hydrogen-bond donors (Lipinski definition) is 0. The van der Waals surface area contributed by atoms with Crippen LogP contribution >= 0.6 is 22.6 Å². The van der Waals surface area contributed by atoms with Crippen LogP contribution < -0.4 is 0 Å². The highest BCUT2D eigenvalue weighted by Crippen LogP contribution is 2.42. The molecule has 0 radical (unpaired) electrons. The molecule has 4 rings (SSSR count). The Morgan fingerprint density at radius 3 is 1.70 bits per heavy atom.